The van der Waals surface area contributed by atoms with Crippen LogP contribution in [0.5, 0.6) is 0 Å². The van der Waals surface area contributed by atoms with Gasteiger partial charge in [0.25, 0.3) is 0 Å². The fourth-order valence-electron chi connectivity index (χ4n) is 3.20. The van der Waals surface area contributed by atoms with Crippen LogP contribution >= 0.6 is 34.8 Å². The van der Waals surface area contributed by atoms with E-state index in [0.29, 0.717) is 16.6 Å². The third-order valence-electron chi connectivity index (χ3n) is 4.43. The number of hydrogen-bond acceptors (Lipinski definition) is 1. The van der Waals surface area contributed by atoms with E-state index in [-0.39, 0.29) is 0 Å². The maximum Gasteiger partial charge on any atom is 0.0681 e. The first-order valence-corrected chi connectivity index (χ1v) is 9.18. The molecule has 0 unspecified atom stereocenters. The Morgan fingerprint density at radius 3 is 2.48 bits per heavy atom. The third-order valence-corrected chi connectivity index (χ3v) is 5.27. The van der Waals surface area contributed by atoms with Crippen molar-refractivity contribution >= 4 is 46.5 Å². The SMILES string of the molecule is Clc1ccc(/C=C2\CCc3cnn(Cc4ccc(Cl)cc4Cl)c32)cc1. The molecule has 0 atom stereocenters. The molecule has 5 heteroatoms. The highest BCUT2D eigenvalue weighted by Gasteiger charge is 2.22. The number of aromatic nitrogens is 2. The number of aryl methyl sites for hydroxylation is 1. The standard InChI is InChI=1S/C20H15Cl3N2/c21-17-6-1-13(2-7-17)9-14-3-4-15-11-24-25(20(14)15)12-16-5-8-18(22)10-19(16)23/h1-2,5-11H,3-4,12H2/b14-9+. The van der Waals surface area contributed by atoms with Crippen molar-refractivity contribution in [3.8, 4) is 0 Å². The summed E-state index contributed by atoms with van der Waals surface area (Å²) in [6.07, 6.45) is 6.21. The Bertz CT molecular complexity index is 956. The minimum Gasteiger partial charge on any atom is -0.260 e. The van der Waals surface area contributed by atoms with Crippen molar-refractivity contribution in [2.45, 2.75) is 19.4 Å². The molecule has 0 fully saturated rings. The molecule has 1 heterocycles. The molecule has 0 saturated heterocycles. The molecule has 1 aliphatic rings. The van der Waals surface area contributed by atoms with Gasteiger partial charge in [0.15, 0.2) is 0 Å². The first-order chi connectivity index (χ1) is 12.1. The van der Waals surface area contributed by atoms with Crippen molar-refractivity contribution in [1.82, 2.24) is 9.78 Å². The molecule has 1 aliphatic carbocycles. The van der Waals surface area contributed by atoms with Crippen molar-refractivity contribution in [3.63, 3.8) is 0 Å². The largest absolute Gasteiger partial charge is 0.260 e. The summed E-state index contributed by atoms with van der Waals surface area (Å²) in [7, 11) is 0. The summed E-state index contributed by atoms with van der Waals surface area (Å²) in [6, 6.07) is 13.5. The van der Waals surface area contributed by atoms with Gasteiger partial charge >= 0.3 is 0 Å². The van der Waals surface area contributed by atoms with Gasteiger partial charge in [-0.15, -0.1) is 0 Å². The molecule has 0 aliphatic heterocycles. The fraction of sp³-hybridized carbons (Fsp3) is 0.150. The van der Waals surface area contributed by atoms with E-state index in [1.807, 2.05) is 47.3 Å². The number of allylic oxidation sites excluding steroid dienone is 1. The second-order valence-electron chi connectivity index (χ2n) is 6.13. The van der Waals surface area contributed by atoms with Crippen LogP contribution in [-0.2, 0) is 13.0 Å². The zero-order valence-electron chi connectivity index (χ0n) is 13.3. The van der Waals surface area contributed by atoms with E-state index in [4.69, 9.17) is 34.8 Å². The lowest BCUT2D eigenvalue weighted by Crippen LogP contribution is -2.05. The number of fused-ring (bicyclic) bond motifs is 1. The number of nitrogens with zero attached hydrogens (tertiary/aromatic N) is 2. The summed E-state index contributed by atoms with van der Waals surface area (Å²) >= 11 is 18.3. The van der Waals surface area contributed by atoms with E-state index in [1.165, 1.54) is 16.8 Å². The lowest BCUT2D eigenvalue weighted by atomic mass is 10.1. The average molecular weight is 390 g/mol. The van der Waals surface area contributed by atoms with Gasteiger partial charge in [-0.3, -0.25) is 4.68 Å². The summed E-state index contributed by atoms with van der Waals surface area (Å²) in [4.78, 5) is 0. The fourth-order valence-corrected chi connectivity index (χ4v) is 3.79. The van der Waals surface area contributed by atoms with Crippen LogP contribution in [0, 0.1) is 0 Å². The molecule has 2 aromatic carbocycles. The number of benzene rings is 2. The molecule has 2 nitrogen and oxygen atoms in total. The molecule has 0 amide bonds. The minimum absolute atomic E-state index is 0.628. The molecule has 1 aromatic heterocycles. The Hall–Kier alpha value is -1.74. The molecular formula is C20H15Cl3N2. The van der Waals surface area contributed by atoms with Crippen LogP contribution in [0.3, 0.4) is 0 Å². The van der Waals surface area contributed by atoms with Crippen LogP contribution in [0.25, 0.3) is 11.6 Å². The molecule has 0 N–H and O–H groups in total. The average Bonchev–Trinajstić information content (AvgIpc) is 3.16. The first kappa shape index (κ1) is 16.7. The highest BCUT2D eigenvalue weighted by atomic mass is 35.5. The highest BCUT2D eigenvalue weighted by Crippen LogP contribution is 2.34. The molecule has 25 heavy (non-hydrogen) atoms. The predicted molar refractivity (Wildman–Crippen MR) is 105 cm³/mol. The normalized spacial score (nSPS) is 14.9. The van der Waals surface area contributed by atoms with Gasteiger partial charge in [0, 0.05) is 15.1 Å². The van der Waals surface area contributed by atoms with Crippen LogP contribution in [0.4, 0.5) is 0 Å². The summed E-state index contributed by atoms with van der Waals surface area (Å²) in [5, 5.41) is 6.62. The third kappa shape index (κ3) is 3.48. The minimum atomic E-state index is 0.628. The van der Waals surface area contributed by atoms with E-state index < -0.39 is 0 Å². The van der Waals surface area contributed by atoms with E-state index in [0.717, 1.165) is 29.0 Å². The van der Waals surface area contributed by atoms with Crippen molar-refractivity contribution in [3.05, 3.63) is 86.1 Å². The maximum atomic E-state index is 6.33. The monoisotopic (exact) mass is 388 g/mol. The quantitative estimate of drug-likeness (QED) is 0.508. The molecule has 0 spiro atoms. The molecule has 4 rings (SSSR count). The van der Waals surface area contributed by atoms with Gasteiger partial charge < -0.3 is 0 Å². The number of hydrogen-bond donors (Lipinski definition) is 0. The van der Waals surface area contributed by atoms with Crippen molar-refractivity contribution in [2.24, 2.45) is 0 Å². The van der Waals surface area contributed by atoms with Crippen LogP contribution in [0.1, 0.15) is 28.8 Å². The maximum absolute atomic E-state index is 6.33. The van der Waals surface area contributed by atoms with Crippen LogP contribution in [0.15, 0.2) is 48.7 Å². The summed E-state index contributed by atoms with van der Waals surface area (Å²) < 4.78 is 2.03. The first-order valence-electron chi connectivity index (χ1n) is 8.05. The van der Waals surface area contributed by atoms with Crippen molar-refractivity contribution in [2.75, 3.05) is 0 Å². The van der Waals surface area contributed by atoms with Gasteiger partial charge in [-0.05, 0) is 65.4 Å². The summed E-state index contributed by atoms with van der Waals surface area (Å²) in [5.41, 5.74) is 5.92. The van der Waals surface area contributed by atoms with Crippen LogP contribution in [0.2, 0.25) is 15.1 Å². The predicted octanol–water partition coefficient (Wildman–Crippen LogP) is 6.38. The number of halogens is 3. The van der Waals surface area contributed by atoms with Gasteiger partial charge in [-0.2, -0.15) is 5.10 Å². The molecule has 0 saturated carbocycles. The lowest BCUT2D eigenvalue weighted by Gasteiger charge is -2.10. The molecular weight excluding hydrogens is 375 g/mol. The Morgan fingerprint density at radius 1 is 0.960 bits per heavy atom. The van der Waals surface area contributed by atoms with E-state index in [2.05, 4.69) is 11.2 Å². The summed E-state index contributed by atoms with van der Waals surface area (Å²) in [5.74, 6) is 0. The lowest BCUT2D eigenvalue weighted by molar-refractivity contribution is 0.678. The van der Waals surface area contributed by atoms with E-state index in [9.17, 15) is 0 Å². The smallest absolute Gasteiger partial charge is 0.0681 e. The zero-order valence-corrected chi connectivity index (χ0v) is 15.6. The van der Waals surface area contributed by atoms with Gasteiger partial charge in [-0.25, -0.2) is 0 Å². The molecule has 126 valence electrons. The Kier molecular flexibility index (Phi) is 4.60. The Labute approximate surface area is 161 Å². The van der Waals surface area contributed by atoms with Crippen molar-refractivity contribution in [1.29, 1.82) is 0 Å². The van der Waals surface area contributed by atoms with Crippen LogP contribution < -0.4 is 0 Å². The molecule has 0 bridgehead atoms. The topological polar surface area (TPSA) is 17.8 Å². The summed E-state index contributed by atoms with van der Waals surface area (Å²) in [6.45, 7) is 0.628. The second-order valence-corrected chi connectivity index (χ2v) is 7.41. The van der Waals surface area contributed by atoms with Crippen molar-refractivity contribution < 1.29 is 0 Å². The van der Waals surface area contributed by atoms with E-state index >= 15 is 0 Å². The van der Waals surface area contributed by atoms with Gasteiger partial charge in [0.05, 0.1) is 18.4 Å². The van der Waals surface area contributed by atoms with Gasteiger partial charge in [0.1, 0.15) is 0 Å². The second kappa shape index (κ2) is 6.87. The van der Waals surface area contributed by atoms with Gasteiger partial charge in [0.2, 0.25) is 0 Å². The molecule has 0 radical (unpaired) electrons. The zero-order chi connectivity index (χ0) is 17.4. The Morgan fingerprint density at radius 2 is 1.72 bits per heavy atom. The Balaban J connectivity index is 1.68. The number of rotatable bonds is 3. The van der Waals surface area contributed by atoms with Crippen LogP contribution in [-0.4, -0.2) is 9.78 Å². The molecule has 3 aromatic rings. The highest BCUT2D eigenvalue weighted by molar-refractivity contribution is 6.35. The van der Waals surface area contributed by atoms with Gasteiger partial charge in [-0.1, -0.05) is 53.0 Å². The van der Waals surface area contributed by atoms with E-state index in [1.54, 1.807) is 6.07 Å².